The number of nitriles is 1. The summed E-state index contributed by atoms with van der Waals surface area (Å²) in [5.41, 5.74) is 1.38. The maximum Gasteiger partial charge on any atom is 0.205 e. The van der Waals surface area contributed by atoms with Gasteiger partial charge in [0.1, 0.15) is 24.0 Å². The summed E-state index contributed by atoms with van der Waals surface area (Å²) >= 11 is 0. The van der Waals surface area contributed by atoms with Gasteiger partial charge >= 0.3 is 0 Å². The van der Waals surface area contributed by atoms with E-state index in [0.717, 1.165) is 12.0 Å². The van der Waals surface area contributed by atoms with Crippen LogP contribution in [0.2, 0.25) is 0 Å². The molecule has 1 N–H and O–H groups in total. The Hall–Kier alpha value is -2.87. The van der Waals surface area contributed by atoms with Gasteiger partial charge in [0, 0.05) is 24.3 Å². The van der Waals surface area contributed by atoms with Gasteiger partial charge in [0.05, 0.1) is 6.07 Å². The third-order valence-electron chi connectivity index (χ3n) is 4.31. The number of carbonyl (C=O) groups excluding carboxylic acids is 1. The summed E-state index contributed by atoms with van der Waals surface area (Å²) in [4.78, 5) is 12.4. The van der Waals surface area contributed by atoms with Crippen molar-refractivity contribution in [3.8, 4) is 11.8 Å². The Morgan fingerprint density at radius 1 is 1.38 bits per heavy atom. The van der Waals surface area contributed by atoms with Gasteiger partial charge in [-0.2, -0.15) is 5.26 Å². The SMILES string of the molecule is C=CCOc1ccc(C2C3=C(CCCC3=O)OC(=N)C2C#N)cc1. The van der Waals surface area contributed by atoms with Crippen LogP contribution in [0.25, 0.3) is 0 Å². The number of Topliss-reactive ketones (excluding diaryl/α,β-unsaturated/α-hetero) is 1. The van der Waals surface area contributed by atoms with Crippen LogP contribution in [0.4, 0.5) is 0 Å². The zero-order valence-corrected chi connectivity index (χ0v) is 13.2. The molecule has 5 heteroatoms. The largest absolute Gasteiger partial charge is 0.490 e. The lowest BCUT2D eigenvalue weighted by atomic mass is 9.74. The molecule has 0 spiro atoms. The van der Waals surface area contributed by atoms with Crippen molar-refractivity contribution in [2.45, 2.75) is 25.2 Å². The van der Waals surface area contributed by atoms with E-state index in [9.17, 15) is 10.1 Å². The lowest BCUT2D eigenvalue weighted by molar-refractivity contribution is -0.116. The maximum absolute atomic E-state index is 12.4. The Kier molecular flexibility index (Phi) is 4.48. The molecule has 24 heavy (non-hydrogen) atoms. The summed E-state index contributed by atoms with van der Waals surface area (Å²) < 4.78 is 10.9. The highest BCUT2D eigenvalue weighted by Gasteiger charge is 2.42. The van der Waals surface area contributed by atoms with Gasteiger partial charge in [0.15, 0.2) is 5.78 Å². The number of nitrogens with one attached hydrogen (secondary N) is 1. The van der Waals surface area contributed by atoms with Crippen molar-refractivity contribution < 1.29 is 14.3 Å². The molecule has 1 aromatic carbocycles. The molecular formula is C19H18N2O3. The number of benzene rings is 1. The molecule has 0 saturated carbocycles. The summed E-state index contributed by atoms with van der Waals surface area (Å²) in [5, 5.41) is 17.5. The van der Waals surface area contributed by atoms with Crippen LogP contribution in [-0.2, 0) is 9.53 Å². The predicted molar refractivity (Wildman–Crippen MR) is 88.7 cm³/mol. The number of ketones is 1. The van der Waals surface area contributed by atoms with Crippen molar-refractivity contribution in [3.63, 3.8) is 0 Å². The second-order valence-electron chi connectivity index (χ2n) is 5.83. The van der Waals surface area contributed by atoms with E-state index in [2.05, 4.69) is 12.6 Å². The molecule has 0 saturated heterocycles. The van der Waals surface area contributed by atoms with Crippen molar-refractivity contribution in [1.82, 2.24) is 0 Å². The van der Waals surface area contributed by atoms with Crippen LogP contribution < -0.4 is 4.74 Å². The van der Waals surface area contributed by atoms with Gasteiger partial charge in [-0.3, -0.25) is 10.2 Å². The van der Waals surface area contributed by atoms with E-state index in [1.165, 1.54) is 0 Å². The first-order valence-corrected chi connectivity index (χ1v) is 7.91. The quantitative estimate of drug-likeness (QED) is 0.860. The molecule has 1 aromatic rings. The van der Waals surface area contributed by atoms with Crippen LogP contribution in [0.3, 0.4) is 0 Å². The summed E-state index contributed by atoms with van der Waals surface area (Å²) in [6.07, 6.45) is 3.49. The summed E-state index contributed by atoms with van der Waals surface area (Å²) in [6.45, 7) is 4.02. The van der Waals surface area contributed by atoms with Crippen LogP contribution >= 0.6 is 0 Å². The summed E-state index contributed by atoms with van der Waals surface area (Å²) in [5.74, 6) is -0.0552. The van der Waals surface area contributed by atoms with Gasteiger partial charge in [0.25, 0.3) is 0 Å². The van der Waals surface area contributed by atoms with E-state index < -0.39 is 11.8 Å². The number of hydrogen-bond acceptors (Lipinski definition) is 5. The van der Waals surface area contributed by atoms with Crippen LogP contribution in [0.5, 0.6) is 5.75 Å². The van der Waals surface area contributed by atoms with E-state index >= 15 is 0 Å². The minimum absolute atomic E-state index is 0.0148. The molecule has 0 bridgehead atoms. The van der Waals surface area contributed by atoms with E-state index in [0.29, 0.717) is 36.5 Å². The lowest BCUT2D eigenvalue weighted by Gasteiger charge is -2.34. The van der Waals surface area contributed by atoms with E-state index in [1.54, 1.807) is 18.2 Å². The van der Waals surface area contributed by atoms with Gasteiger partial charge < -0.3 is 9.47 Å². The molecule has 0 radical (unpaired) electrons. The molecule has 2 aliphatic rings. The van der Waals surface area contributed by atoms with Crippen molar-refractivity contribution in [3.05, 3.63) is 53.8 Å². The lowest BCUT2D eigenvalue weighted by Crippen LogP contribution is -2.34. The minimum Gasteiger partial charge on any atom is -0.490 e. The molecule has 2 unspecified atom stereocenters. The third kappa shape index (κ3) is 2.83. The zero-order chi connectivity index (χ0) is 17.1. The second-order valence-corrected chi connectivity index (χ2v) is 5.83. The second kappa shape index (κ2) is 6.71. The highest BCUT2D eigenvalue weighted by Crippen LogP contribution is 2.43. The van der Waals surface area contributed by atoms with Crippen LogP contribution in [0.15, 0.2) is 48.3 Å². The zero-order valence-electron chi connectivity index (χ0n) is 13.2. The number of carbonyl (C=O) groups is 1. The molecule has 1 heterocycles. The standard InChI is InChI=1S/C19H18N2O3/c1-2-10-23-13-8-6-12(7-9-13)17-14(11-20)19(21)24-16-5-3-4-15(22)18(16)17/h2,6-9,14,17,21H,1,3-5,10H2. The Bertz CT molecular complexity index is 756. The normalized spacial score (nSPS) is 23.1. The Balaban J connectivity index is 2.01. The molecule has 122 valence electrons. The predicted octanol–water partition coefficient (Wildman–Crippen LogP) is 3.49. The highest BCUT2D eigenvalue weighted by atomic mass is 16.5. The monoisotopic (exact) mass is 322 g/mol. The van der Waals surface area contributed by atoms with Crippen molar-refractivity contribution >= 4 is 11.7 Å². The molecule has 3 rings (SSSR count). The molecule has 0 aromatic heterocycles. The average Bonchev–Trinajstić information content (AvgIpc) is 2.59. The number of rotatable bonds is 4. The number of nitrogens with zero attached hydrogens (tertiary/aromatic N) is 1. The molecule has 2 atom stereocenters. The fourth-order valence-corrected chi connectivity index (χ4v) is 3.22. The molecular weight excluding hydrogens is 304 g/mol. The molecule has 5 nitrogen and oxygen atoms in total. The Labute approximate surface area is 140 Å². The molecule has 1 aliphatic heterocycles. The minimum atomic E-state index is -0.786. The summed E-state index contributed by atoms with van der Waals surface area (Å²) in [6, 6.07) is 9.43. The van der Waals surface area contributed by atoms with Crippen LogP contribution in [0.1, 0.15) is 30.7 Å². The molecule has 1 aliphatic carbocycles. The number of allylic oxidation sites excluding steroid dienone is 2. The van der Waals surface area contributed by atoms with Crippen LogP contribution in [-0.4, -0.2) is 18.3 Å². The topological polar surface area (TPSA) is 83.2 Å². The smallest absolute Gasteiger partial charge is 0.205 e. The van der Waals surface area contributed by atoms with E-state index in [-0.39, 0.29) is 11.7 Å². The van der Waals surface area contributed by atoms with Crippen molar-refractivity contribution in [2.75, 3.05) is 6.61 Å². The summed E-state index contributed by atoms with van der Waals surface area (Å²) in [7, 11) is 0. The van der Waals surface area contributed by atoms with E-state index in [1.807, 2.05) is 12.1 Å². The van der Waals surface area contributed by atoms with Gasteiger partial charge in [-0.05, 0) is 24.1 Å². The maximum atomic E-state index is 12.4. The van der Waals surface area contributed by atoms with Crippen molar-refractivity contribution in [2.24, 2.45) is 5.92 Å². The highest BCUT2D eigenvalue weighted by molar-refractivity contribution is 6.01. The van der Waals surface area contributed by atoms with Gasteiger partial charge in [-0.1, -0.05) is 24.8 Å². The number of ether oxygens (including phenoxy) is 2. The first-order valence-electron chi connectivity index (χ1n) is 7.91. The molecule has 0 amide bonds. The van der Waals surface area contributed by atoms with Gasteiger partial charge in [-0.15, -0.1) is 0 Å². The van der Waals surface area contributed by atoms with Crippen LogP contribution in [0, 0.1) is 22.7 Å². The fraction of sp³-hybridized carbons (Fsp3) is 0.316. The molecule has 0 fully saturated rings. The number of hydrogen-bond donors (Lipinski definition) is 1. The van der Waals surface area contributed by atoms with E-state index in [4.69, 9.17) is 14.9 Å². The first kappa shape index (κ1) is 16.0. The Morgan fingerprint density at radius 2 is 2.12 bits per heavy atom. The fourth-order valence-electron chi connectivity index (χ4n) is 3.22. The third-order valence-corrected chi connectivity index (χ3v) is 4.31. The first-order chi connectivity index (χ1) is 11.7. The van der Waals surface area contributed by atoms with Crippen molar-refractivity contribution in [1.29, 1.82) is 10.7 Å². The average molecular weight is 322 g/mol. The Morgan fingerprint density at radius 3 is 2.79 bits per heavy atom. The van der Waals surface area contributed by atoms with Gasteiger partial charge in [-0.25, -0.2) is 0 Å². The van der Waals surface area contributed by atoms with Gasteiger partial charge in [0.2, 0.25) is 5.90 Å².